The highest BCUT2D eigenvalue weighted by Gasteiger charge is 2.19. The minimum atomic E-state index is 0.154. The number of H-pyrrole nitrogens is 1. The predicted molar refractivity (Wildman–Crippen MR) is 82.4 cm³/mol. The van der Waals surface area contributed by atoms with Gasteiger partial charge in [0, 0.05) is 35.4 Å². The predicted octanol–water partition coefficient (Wildman–Crippen LogP) is 3.54. The van der Waals surface area contributed by atoms with Gasteiger partial charge in [-0.1, -0.05) is 17.7 Å². The standard InChI is InChI=1S/C16H15ClN4/c1-11-7-12(17)4-5-14(11)15(16-9-18-10-19-16)8-13-3-2-6-20-21-13/h2-7,9-10,15H,8H2,1H3,(H,18,19). The summed E-state index contributed by atoms with van der Waals surface area (Å²) in [6, 6.07) is 9.86. The Bertz CT molecular complexity index is 710. The van der Waals surface area contributed by atoms with Crippen molar-refractivity contribution in [3.8, 4) is 0 Å². The van der Waals surface area contributed by atoms with Crippen molar-refractivity contribution in [3.05, 3.63) is 76.6 Å². The van der Waals surface area contributed by atoms with Gasteiger partial charge in [-0.15, -0.1) is 0 Å². The molecule has 0 spiro atoms. The number of nitrogens with zero attached hydrogens (tertiary/aromatic N) is 3. The van der Waals surface area contributed by atoms with E-state index in [9.17, 15) is 0 Å². The van der Waals surface area contributed by atoms with Gasteiger partial charge in [0.1, 0.15) is 0 Å². The second-order valence-electron chi connectivity index (χ2n) is 4.98. The second-order valence-corrected chi connectivity index (χ2v) is 5.42. The zero-order chi connectivity index (χ0) is 14.7. The third kappa shape index (κ3) is 3.11. The van der Waals surface area contributed by atoms with Crippen molar-refractivity contribution in [2.45, 2.75) is 19.3 Å². The summed E-state index contributed by atoms with van der Waals surface area (Å²) in [6.07, 6.45) is 6.00. The van der Waals surface area contributed by atoms with E-state index in [2.05, 4.69) is 33.2 Å². The fraction of sp³-hybridized carbons (Fsp3) is 0.188. The molecule has 106 valence electrons. The Morgan fingerprint density at radius 2 is 2.19 bits per heavy atom. The molecule has 0 aliphatic heterocycles. The Morgan fingerprint density at radius 1 is 1.29 bits per heavy atom. The molecule has 1 aromatic carbocycles. The van der Waals surface area contributed by atoms with Gasteiger partial charge in [0.25, 0.3) is 0 Å². The van der Waals surface area contributed by atoms with Gasteiger partial charge >= 0.3 is 0 Å². The summed E-state index contributed by atoms with van der Waals surface area (Å²) in [7, 11) is 0. The monoisotopic (exact) mass is 298 g/mol. The van der Waals surface area contributed by atoms with Gasteiger partial charge < -0.3 is 4.98 Å². The van der Waals surface area contributed by atoms with E-state index < -0.39 is 0 Å². The third-order valence-corrected chi connectivity index (χ3v) is 3.78. The fourth-order valence-corrected chi connectivity index (χ4v) is 2.75. The minimum Gasteiger partial charge on any atom is -0.348 e. The molecule has 2 heterocycles. The van der Waals surface area contributed by atoms with Crippen LogP contribution < -0.4 is 0 Å². The molecule has 2 aromatic heterocycles. The highest BCUT2D eigenvalue weighted by molar-refractivity contribution is 6.30. The maximum atomic E-state index is 6.06. The van der Waals surface area contributed by atoms with Crippen LogP contribution in [0.4, 0.5) is 0 Å². The molecule has 1 N–H and O–H groups in total. The third-order valence-electron chi connectivity index (χ3n) is 3.54. The first-order chi connectivity index (χ1) is 10.2. The molecule has 0 radical (unpaired) electrons. The van der Waals surface area contributed by atoms with Crippen molar-refractivity contribution in [2.24, 2.45) is 0 Å². The van der Waals surface area contributed by atoms with E-state index in [1.807, 2.05) is 30.5 Å². The van der Waals surface area contributed by atoms with E-state index in [0.717, 1.165) is 28.4 Å². The number of aryl methyl sites for hydroxylation is 1. The topological polar surface area (TPSA) is 54.5 Å². The fourth-order valence-electron chi connectivity index (χ4n) is 2.53. The molecule has 0 aliphatic carbocycles. The normalized spacial score (nSPS) is 12.3. The molecule has 5 heteroatoms. The molecule has 0 bridgehead atoms. The number of hydrogen-bond donors (Lipinski definition) is 1. The lowest BCUT2D eigenvalue weighted by Gasteiger charge is -2.18. The molecule has 0 amide bonds. The number of benzene rings is 1. The Labute approximate surface area is 128 Å². The first-order valence-electron chi connectivity index (χ1n) is 6.75. The molecular weight excluding hydrogens is 284 g/mol. The highest BCUT2D eigenvalue weighted by Crippen LogP contribution is 2.30. The van der Waals surface area contributed by atoms with Gasteiger partial charge in [0.2, 0.25) is 0 Å². The van der Waals surface area contributed by atoms with Crippen LogP contribution in [0.1, 0.15) is 28.4 Å². The summed E-state index contributed by atoms with van der Waals surface area (Å²) in [5.74, 6) is 0.154. The van der Waals surface area contributed by atoms with Crippen LogP contribution in [0.3, 0.4) is 0 Å². The molecule has 0 fully saturated rings. The Balaban J connectivity index is 2.00. The molecular formula is C16H15ClN4. The summed E-state index contributed by atoms with van der Waals surface area (Å²) in [5, 5.41) is 8.89. The second kappa shape index (κ2) is 6.06. The SMILES string of the molecule is Cc1cc(Cl)ccc1C(Cc1cccnn1)c1cnc[nH]1. The van der Waals surface area contributed by atoms with Crippen LogP contribution in [0.15, 0.2) is 49.1 Å². The Morgan fingerprint density at radius 3 is 2.86 bits per heavy atom. The quantitative estimate of drug-likeness (QED) is 0.801. The minimum absolute atomic E-state index is 0.154. The lowest BCUT2D eigenvalue weighted by molar-refractivity contribution is 0.740. The van der Waals surface area contributed by atoms with Crippen LogP contribution in [0.5, 0.6) is 0 Å². The number of hydrogen-bond acceptors (Lipinski definition) is 3. The van der Waals surface area contributed by atoms with Crippen LogP contribution in [0.2, 0.25) is 5.02 Å². The van der Waals surface area contributed by atoms with Crippen LogP contribution in [0.25, 0.3) is 0 Å². The van der Waals surface area contributed by atoms with Crippen molar-refractivity contribution in [1.29, 1.82) is 0 Å². The smallest absolute Gasteiger partial charge is 0.0921 e. The van der Waals surface area contributed by atoms with E-state index in [-0.39, 0.29) is 5.92 Å². The molecule has 0 aliphatic rings. The van der Waals surface area contributed by atoms with E-state index in [1.54, 1.807) is 12.5 Å². The first-order valence-corrected chi connectivity index (χ1v) is 7.13. The molecule has 3 rings (SSSR count). The number of imidazole rings is 1. The summed E-state index contributed by atoms with van der Waals surface area (Å²) in [5.41, 5.74) is 4.39. The summed E-state index contributed by atoms with van der Waals surface area (Å²) >= 11 is 6.06. The largest absolute Gasteiger partial charge is 0.348 e. The van der Waals surface area contributed by atoms with Crippen molar-refractivity contribution in [2.75, 3.05) is 0 Å². The van der Waals surface area contributed by atoms with Gasteiger partial charge in [0.05, 0.1) is 12.0 Å². The zero-order valence-electron chi connectivity index (χ0n) is 11.6. The molecule has 1 unspecified atom stereocenters. The summed E-state index contributed by atoms with van der Waals surface area (Å²) < 4.78 is 0. The number of aromatic nitrogens is 4. The number of nitrogens with one attached hydrogen (secondary N) is 1. The van der Waals surface area contributed by atoms with E-state index in [4.69, 9.17) is 11.6 Å². The lowest BCUT2D eigenvalue weighted by atomic mass is 9.88. The van der Waals surface area contributed by atoms with Gasteiger partial charge in [-0.25, -0.2) is 4.98 Å². The zero-order valence-corrected chi connectivity index (χ0v) is 12.4. The van der Waals surface area contributed by atoms with Gasteiger partial charge in [-0.3, -0.25) is 0 Å². The average molecular weight is 299 g/mol. The maximum Gasteiger partial charge on any atom is 0.0921 e. The van der Waals surface area contributed by atoms with E-state index in [1.165, 1.54) is 5.56 Å². The Kier molecular flexibility index (Phi) is 3.97. The number of aromatic amines is 1. The van der Waals surface area contributed by atoms with Gasteiger partial charge in [-0.05, 0) is 42.3 Å². The lowest BCUT2D eigenvalue weighted by Crippen LogP contribution is -2.09. The van der Waals surface area contributed by atoms with E-state index >= 15 is 0 Å². The number of halogens is 1. The van der Waals surface area contributed by atoms with Crippen LogP contribution in [0, 0.1) is 6.92 Å². The van der Waals surface area contributed by atoms with Crippen LogP contribution in [-0.2, 0) is 6.42 Å². The highest BCUT2D eigenvalue weighted by atomic mass is 35.5. The van der Waals surface area contributed by atoms with Crippen LogP contribution >= 0.6 is 11.6 Å². The summed E-state index contributed by atoms with van der Waals surface area (Å²) in [6.45, 7) is 2.07. The van der Waals surface area contributed by atoms with Crippen molar-refractivity contribution in [3.63, 3.8) is 0 Å². The van der Waals surface area contributed by atoms with Crippen molar-refractivity contribution in [1.82, 2.24) is 20.2 Å². The Hall–Kier alpha value is -2.20. The molecule has 1 atom stereocenters. The molecule has 21 heavy (non-hydrogen) atoms. The average Bonchev–Trinajstić information content (AvgIpc) is 3.00. The molecule has 4 nitrogen and oxygen atoms in total. The van der Waals surface area contributed by atoms with Gasteiger partial charge in [0.15, 0.2) is 0 Å². The van der Waals surface area contributed by atoms with Crippen molar-refractivity contribution >= 4 is 11.6 Å². The molecule has 0 saturated heterocycles. The molecule has 3 aromatic rings. The van der Waals surface area contributed by atoms with Crippen LogP contribution in [-0.4, -0.2) is 20.2 Å². The van der Waals surface area contributed by atoms with Gasteiger partial charge in [-0.2, -0.15) is 10.2 Å². The van der Waals surface area contributed by atoms with Crippen molar-refractivity contribution < 1.29 is 0 Å². The number of rotatable bonds is 4. The first kappa shape index (κ1) is 13.8. The van der Waals surface area contributed by atoms with E-state index in [0.29, 0.717) is 0 Å². The summed E-state index contributed by atoms with van der Waals surface area (Å²) in [4.78, 5) is 7.35. The maximum absolute atomic E-state index is 6.06. The molecule has 0 saturated carbocycles.